The van der Waals surface area contributed by atoms with Crippen molar-refractivity contribution in [2.24, 2.45) is 0 Å². The highest BCUT2D eigenvalue weighted by Gasteiger charge is 2.15. The Morgan fingerprint density at radius 3 is 2.90 bits per heavy atom. The van der Waals surface area contributed by atoms with Gasteiger partial charge in [0.2, 0.25) is 0 Å². The monoisotopic (exact) mass is 318 g/mol. The van der Waals surface area contributed by atoms with Gasteiger partial charge in [-0.3, -0.25) is 4.98 Å². The van der Waals surface area contributed by atoms with Crippen LogP contribution in [0.4, 0.5) is 0 Å². The number of fused-ring (bicyclic) bond motifs is 1. The first-order valence-electron chi connectivity index (χ1n) is 7.38. The van der Waals surface area contributed by atoms with Gasteiger partial charge < -0.3 is 5.32 Å². The Kier molecular flexibility index (Phi) is 5.17. The van der Waals surface area contributed by atoms with Gasteiger partial charge in [-0.2, -0.15) is 0 Å². The Labute approximate surface area is 135 Å². The summed E-state index contributed by atoms with van der Waals surface area (Å²) in [4.78, 5) is 5.65. The molecule has 1 aromatic heterocycles. The summed E-state index contributed by atoms with van der Waals surface area (Å²) in [5, 5.41) is 4.35. The largest absolute Gasteiger partial charge is 0.316 e. The first-order chi connectivity index (χ1) is 10.3. The zero-order chi connectivity index (χ0) is 14.5. The smallest absolute Gasteiger partial charge is 0.0544 e. The number of hydrogen-bond acceptors (Lipinski definition) is 3. The van der Waals surface area contributed by atoms with Crippen molar-refractivity contribution in [3.63, 3.8) is 0 Å². The summed E-state index contributed by atoms with van der Waals surface area (Å²) in [5.41, 5.74) is 4.04. The lowest BCUT2D eigenvalue weighted by Gasteiger charge is -2.13. The molecule has 0 radical (unpaired) electrons. The summed E-state index contributed by atoms with van der Waals surface area (Å²) in [5.74, 6) is 1.01. The van der Waals surface area contributed by atoms with Crippen LogP contribution in [0.25, 0.3) is 0 Å². The van der Waals surface area contributed by atoms with Crippen molar-refractivity contribution in [3.05, 3.63) is 58.4 Å². The molecule has 0 amide bonds. The van der Waals surface area contributed by atoms with E-state index in [1.807, 2.05) is 30.1 Å². The summed E-state index contributed by atoms with van der Waals surface area (Å²) in [6.07, 6.45) is 5.00. The van der Waals surface area contributed by atoms with Crippen LogP contribution >= 0.6 is 23.4 Å². The highest BCUT2D eigenvalue weighted by Crippen LogP contribution is 2.34. The summed E-state index contributed by atoms with van der Waals surface area (Å²) in [6, 6.07) is 10.3. The van der Waals surface area contributed by atoms with Crippen LogP contribution < -0.4 is 5.32 Å². The number of nitrogens with zero attached hydrogens (tertiary/aromatic N) is 1. The van der Waals surface area contributed by atoms with E-state index in [0.29, 0.717) is 0 Å². The molecule has 0 aliphatic carbocycles. The molecule has 0 bridgehead atoms. The topological polar surface area (TPSA) is 24.9 Å². The van der Waals surface area contributed by atoms with Crippen LogP contribution in [0.3, 0.4) is 0 Å². The van der Waals surface area contributed by atoms with Crippen molar-refractivity contribution < 1.29 is 0 Å². The molecule has 0 unspecified atom stereocenters. The fourth-order valence-corrected chi connectivity index (χ4v) is 4.14. The number of nitrogens with one attached hydrogen (secondary N) is 1. The fraction of sp³-hybridized carbons (Fsp3) is 0.353. The Hall–Kier alpha value is -1.03. The molecule has 0 fully saturated rings. The SMILES string of the molecule is Clc1ccc2c(c1SCCc1ccccn1)CCNCC2. The van der Waals surface area contributed by atoms with E-state index in [2.05, 4.69) is 28.5 Å². The number of hydrogen-bond donors (Lipinski definition) is 1. The van der Waals surface area contributed by atoms with E-state index in [-0.39, 0.29) is 0 Å². The van der Waals surface area contributed by atoms with E-state index < -0.39 is 0 Å². The predicted octanol–water partition coefficient (Wildman–Crippen LogP) is 3.76. The molecule has 0 atom stereocenters. The minimum Gasteiger partial charge on any atom is -0.316 e. The zero-order valence-electron chi connectivity index (χ0n) is 11.9. The van der Waals surface area contributed by atoms with Crippen LogP contribution in [0, 0.1) is 0 Å². The summed E-state index contributed by atoms with van der Waals surface area (Å²) in [7, 11) is 0. The second-order valence-corrected chi connectivity index (χ2v) is 6.70. The highest BCUT2D eigenvalue weighted by atomic mass is 35.5. The fourth-order valence-electron chi connectivity index (χ4n) is 2.67. The number of aryl methyl sites for hydroxylation is 1. The zero-order valence-corrected chi connectivity index (χ0v) is 13.5. The third-order valence-electron chi connectivity index (χ3n) is 3.76. The lowest BCUT2D eigenvalue weighted by atomic mass is 10.0. The molecule has 1 N–H and O–H groups in total. The van der Waals surface area contributed by atoms with Gasteiger partial charge in [-0.15, -0.1) is 11.8 Å². The molecule has 1 aliphatic heterocycles. The molecule has 1 aliphatic rings. The minimum absolute atomic E-state index is 0.890. The maximum atomic E-state index is 6.44. The molecule has 2 heterocycles. The van der Waals surface area contributed by atoms with E-state index in [1.165, 1.54) is 16.0 Å². The molecule has 0 saturated heterocycles. The standard InChI is InChI=1S/C17H19ClN2S/c18-16-5-4-13-6-10-19-11-7-15(13)17(16)21-12-8-14-3-1-2-9-20-14/h1-5,9,19H,6-8,10-12H2. The Balaban J connectivity index is 1.72. The van der Waals surface area contributed by atoms with Crippen LogP contribution in [0.2, 0.25) is 5.02 Å². The normalized spacial score (nSPS) is 14.5. The van der Waals surface area contributed by atoms with E-state index in [0.717, 1.165) is 48.8 Å². The molecule has 21 heavy (non-hydrogen) atoms. The molecule has 3 rings (SSSR count). The van der Waals surface area contributed by atoms with E-state index in [9.17, 15) is 0 Å². The van der Waals surface area contributed by atoms with Crippen LogP contribution in [-0.2, 0) is 19.3 Å². The van der Waals surface area contributed by atoms with Gasteiger partial charge >= 0.3 is 0 Å². The summed E-state index contributed by atoms with van der Waals surface area (Å²) in [6.45, 7) is 2.10. The van der Waals surface area contributed by atoms with E-state index in [4.69, 9.17) is 11.6 Å². The number of rotatable bonds is 4. The average molecular weight is 319 g/mol. The van der Waals surface area contributed by atoms with Crippen LogP contribution in [0.5, 0.6) is 0 Å². The van der Waals surface area contributed by atoms with Crippen molar-refractivity contribution in [1.29, 1.82) is 0 Å². The number of thioether (sulfide) groups is 1. The molecule has 110 valence electrons. The maximum absolute atomic E-state index is 6.44. The maximum Gasteiger partial charge on any atom is 0.0544 e. The highest BCUT2D eigenvalue weighted by molar-refractivity contribution is 7.99. The van der Waals surface area contributed by atoms with Crippen molar-refractivity contribution in [1.82, 2.24) is 10.3 Å². The van der Waals surface area contributed by atoms with Gasteiger partial charge in [0.15, 0.2) is 0 Å². The molecule has 2 aromatic rings. The second-order valence-electron chi connectivity index (χ2n) is 5.18. The Bertz CT molecular complexity index is 601. The van der Waals surface area contributed by atoms with Gasteiger partial charge in [0.25, 0.3) is 0 Å². The molecule has 0 spiro atoms. The van der Waals surface area contributed by atoms with Gasteiger partial charge in [-0.05, 0) is 61.7 Å². The average Bonchev–Trinajstić information content (AvgIpc) is 2.76. The second kappa shape index (κ2) is 7.30. The van der Waals surface area contributed by atoms with Gasteiger partial charge in [0.05, 0.1) is 5.02 Å². The van der Waals surface area contributed by atoms with Crippen LogP contribution in [0.1, 0.15) is 16.8 Å². The lowest BCUT2D eigenvalue weighted by Crippen LogP contribution is -2.16. The summed E-state index contributed by atoms with van der Waals surface area (Å²) < 4.78 is 0. The summed E-state index contributed by atoms with van der Waals surface area (Å²) >= 11 is 8.31. The minimum atomic E-state index is 0.890. The number of pyridine rings is 1. The van der Waals surface area contributed by atoms with Gasteiger partial charge in [0, 0.05) is 22.5 Å². The third kappa shape index (κ3) is 3.79. The third-order valence-corrected chi connectivity index (χ3v) is 5.35. The van der Waals surface area contributed by atoms with E-state index >= 15 is 0 Å². The Morgan fingerprint density at radius 1 is 1.14 bits per heavy atom. The number of aromatic nitrogens is 1. The first-order valence-corrected chi connectivity index (χ1v) is 8.74. The quantitative estimate of drug-likeness (QED) is 0.869. The van der Waals surface area contributed by atoms with Gasteiger partial charge in [-0.25, -0.2) is 0 Å². The van der Waals surface area contributed by atoms with E-state index in [1.54, 1.807) is 0 Å². The molecular formula is C17H19ClN2S. The van der Waals surface area contributed by atoms with Crippen molar-refractivity contribution in [2.45, 2.75) is 24.2 Å². The molecule has 2 nitrogen and oxygen atoms in total. The molecule has 4 heteroatoms. The predicted molar refractivity (Wildman–Crippen MR) is 90.4 cm³/mol. The lowest BCUT2D eigenvalue weighted by molar-refractivity contribution is 0.709. The van der Waals surface area contributed by atoms with Crippen LogP contribution in [-0.4, -0.2) is 23.8 Å². The number of halogens is 1. The van der Waals surface area contributed by atoms with Crippen molar-refractivity contribution in [2.75, 3.05) is 18.8 Å². The Morgan fingerprint density at radius 2 is 2.05 bits per heavy atom. The van der Waals surface area contributed by atoms with Crippen molar-refractivity contribution in [3.8, 4) is 0 Å². The van der Waals surface area contributed by atoms with Gasteiger partial charge in [-0.1, -0.05) is 23.7 Å². The molecule has 0 saturated carbocycles. The van der Waals surface area contributed by atoms with Crippen LogP contribution in [0.15, 0.2) is 41.4 Å². The van der Waals surface area contributed by atoms with Crippen molar-refractivity contribution >= 4 is 23.4 Å². The first kappa shape index (κ1) is 14.9. The molecular weight excluding hydrogens is 300 g/mol. The number of benzene rings is 1. The molecule has 1 aromatic carbocycles. The van der Waals surface area contributed by atoms with Gasteiger partial charge in [0.1, 0.15) is 0 Å².